The molecule has 0 radical (unpaired) electrons. The highest BCUT2D eigenvalue weighted by molar-refractivity contribution is 9.10. The largest absolute Gasteiger partial charge is 0.408 e. The number of benzene rings is 1. The van der Waals surface area contributed by atoms with Crippen molar-refractivity contribution in [2.45, 2.75) is 6.42 Å². The molecule has 1 aromatic heterocycles. The summed E-state index contributed by atoms with van der Waals surface area (Å²) in [5.41, 5.74) is 0.808. The number of halogens is 3. The third-order valence-electron chi connectivity index (χ3n) is 1.95. The molecule has 90 valence electrons. The van der Waals surface area contributed by atoms with E-state index >= 15 is 0 Å². The highest BCUT2D eigenvalue weighted by Crippen LogP contribution is 2.27. The van der Waals surface area contributed by atoms with Gasteiger partial charge < -0.3 is 9.73 Å². The molecule has 0 atom stereocenters. The minimum Gasteiger partial charge on any atom is -0.408 e. The topological polar surface area (TPSA) is 51.0 Å². The second-order valence-corrected chi connectivity index (χ2v) is 4.83. The van der Waals surface area contributed by atoms with E-state index in [1.807, 2.05) is 12.1 Å². The molecule has 1 heterocycles. The summed E-state index contributed by atoms with van der Waals surface area (Å²) in [7, 11) is 0. The van der Waals surface area contributed by atoms with Gasteiger partial charge in [0, 0.05) is 22.5 Å². The van der Waals surface area contributed by atoms with Gasteiger partial charge in [-0.3, -0.25) is 0 Å². The Labute approximate surface area is 116 Å². The zero-order chi connectivity index (χ0) is 12.3. The van der Waals surface area contributed by atoms with Gasteiger partial charge in [0.25, 0.3) is 0 Å². The van der Waals surface area contributed by atoms with Gasteiger partial charge in [-0.25, -0.2) is 0 Å². The molecular formula is C10H8BrCl2N3O. The molecule has 0 aliphatic heterocycles. The molecular weight excluding hydrogens is 329 g/mol. The quantitative estimate of drug-likeness (QED) is 0.857. The Morgan fingerprint density at radius 1 is 1.35 bits per heavy atom. The highest BCUT2D eigenvalue weighted by Gasteiger charge is 2.06. The molecule has 0 fully saturated rings. The van der Waals surface area contributed by atoms with Crippen molar-refractivity contribution in [3.05, 3.63) is 33.6 Å². The van der Waals surface area contributed by atoms with E-state index in [4.69, 9.17) is 27.6 Å². The number of anilines is 2. The Morgan fingerprint density at radius 2 is 2.18 bits per heavy atom. The lowest BCUT2D eigenvalue weighted by Crippen LogP contribution is -1.90. The molecule has 0 unspecified atom stereocenters. The van der Waals surface area contributed by atoms with Gasteiger partial charge in [-0.05, 0) is 34.1 Å². The van der Waals surface area contributed by atoms with Crippen molar-refractivity contribution < 1.29 is 4.42 Å². The van der Waals surface area contributed by atoms with Crippen LogP contribution in [0.15, 0.2) is 27.1 Å². The van der Waals surface area contributed by atoms with Crippen LogP contribution in [0, 0.1) is 0 Å². The summed E-state index contributed by atoms with van der Waals surface area (Å²) in [5, 5.41) is 11.3. The monoisotopic (exact) mass is 335 g/mol. The first-order chi connectivity index (χ1) is 8.19. The van der Waals surface area contributed by atoms with Gasteiger partial charge in [0.15, 0.2) is 0 Å². The first-order valence-corrected chi connectivity index (χ1v) is 6.50. The average molecular weight is 337 g/mol. The SMILES string of the molecule is ClCCc1nnc(Nc2ccc(Cl)c(Br)c2)o1. The maximum Gasteiger partial charge on any atom is 0.320 e. The number of alkyl halides is 1. The molecule has 1 aromatic carbocycles. The van der Waals surface area contributed by atoms with E-state index in [-0.39, 0.29) is 0 Å². The molecule has 17 heavy (non-hydrogen) atoms. The van der Waals surface area contributed by atoms with Crippen molar-refractivity contribution >= 4 is 50.8 Å². The summed E-state index contributed by atoms with van der Waals surface area (Å²) < 4.78 is 6.13. The fourth-order valence-corrected chi connectivity index (χ4v) is 1.84. The second-order valence-electron chi connectivity index (χ2n) is 3.19. The van der Waals surface area contributed by atoms with Gasteiger partial charge in [0.2, 0.25) is 5.89 Å². The van der Waals surface area contributed by atoms with E-state index < -0.39 is 0 Å². The third-order valence-corrected chi connectivity index (χ3v) is 3.35. The maximum absolute atomic E-state index is 5.89. The number of hydrogen-bond acceptors (Lipinski definition) is 4. The first kappa shape index (κ1) is 12.7. The van der Waals surface area contributed by atoms with Crippen LogP contribution in [-0.2, 0) is 6.42 Å². The molecule has 2 aromatic rings. The Morgan fingerprint density at radius 3 is 2.88 bits per heavy atom. The van der Waals surface area contributed by atoms with E-state index in [9.17, 15) is 0 Å². The van der Waals surface area contributed by atoms with Crippen LogP contribution in [0.25, 0.3) is 0 Å². The van der Waals surface area contributed by atoms with Crippen molar-refractivity contribution in [2.24, 2.45) is 0 Å². The van der Waals surface area contributed by atoms with Crippen molar-refractivity contribution in [3.8, 4) is 0 Å². The van der Waals surface area contributed by atoms with E-state index in [1.54, 1.807) is 6.07 Å². The van der Waals surface area contributed by atoms with Gasteiger partial charge in [0.1, 0.15) is 0 Å². The fourth-order valence-electron chi connectivity index (χ4n) is 1.18. The number of aryl methyl sites for hydroxylation is 1. The van der Waals surface area contributed by atoms with E-state index in [2.05, 4.69) is 31.4 Å². The normalized spacial score (nSPS) is 10.5. The van der Waals surface area contributed by atoms with Gasteiger partial charge in [-0.15, -0.1) is 16.7 Å². The van der Waals surface area contributed by atoms with Crippen LogP contribution in [0.5, 0.6) is 0 Å². The summed E-state index contributed by atoms with van der Waals surface area (Å²) in [5.74, 6) is 0.962. The van der Waals surface area contributed by atoms with Crippen molar-refractivity contribution in [1.29, 1.82) is 0 Å². The van der Waals surface area contributed by atoms with E-state index in [0.29, 0.717) is 29.2 Å². The Balaban J connectivity index is 2.11. The minimum absolute atomic E-state index is 0.333. The summed E-state index contributed by atoms with van der Waals surface area (Å²) >= 11 is 14.8. The number of hydrogen-bond donors (Lipinski definition) is 1. The molecule has 7 heteroatoms. The Hall–Kier alpha value is -0.780. The van der Waals surface area contributed by atoms with Crippen LogP contribution in [0.3, 0.4) is 0 Å². The van der Waals surface area contributed by atoms with Crippen LogP contribution in [0.1, 0.15) is 5.89 Å². The number of nitrogens with one attached hydrogen (secondary N) is 1. The second kappa shape index (κ2) is 5.71. The third kappa shape index (κ3) is 3.34. The Bertz CT molecular complexity index is 518. The van der Waals surface area contributed by atoms with Crippen molar-refractivity contribution in [3.63, 3.8) is 0 Å². The molecule has 0 amide bonds. The van der Waals surface area contributed by atoms with Crippen LogP contribution in [-0.4, -0.2) is 16.1 Å². The predicted octanol–water partition coefficient (Wildman–Crippen LogP) is 4.01. The van der Waals surface area contributed by atoms with E-state index in [0.717, 1.165) is 10.2 Å². The molecule has 0 aliphatic carbocycles. The lowest BCUT2D eigenvalue weighted by atomic mass is 10.3. The molecule has 1 N–H and O–H groups in total. The number of rotatable bonds is 4. The smallest absolute Gasteiger partial charge is 0.320 e. The standard InChI is InChI=1S/C10H8BrCl2N3O/c11-7-5-6(1-2-8(7)13)14-10-16-15-9(17-10)3-4-12/h1-2,5H,3-4H2,(H,14,16). The zero-order valence-electron chi connectivity index (χ0n) is 8.58. The Kier molecular flexibility index (Phi) is 4.25. The molecule has 0 spiro atoms. The fraction of sp³-hybridized carbons (Fsp3) is 0.200. The number of nitrogens with zero attached hydrogens (tertiary/aromatic N) is 2. The molecule has 0 bridgehead atoms. The molecule has 0 aliphatic rings. The zero-order valence-corrected chi connectivity index (χ0v) is 11.7. The van der Waals surface area contributed by atoms with Gasteiger partial charge in [-0.2, -0.15) is 0 Å². The summed E-state index contributed by atoms with van der Waals surface area (Å²) in [6, 6.07) is 5.75. The predicted molar refractivity (Wildman–Crippen MR) is 71.2 cm³/mol. The summed E-state index contributed by atoms with van der Waals surface area (Å²) in [6.45, 7) is 0. The minimum atomic E-state index is 0.333. The number of aromatic nitrogens is 2. The van der Waals surface area contributed by atoms with Gasteiger partial charge in [0.05, 0.1) is 5.02 Å². The van der Waals surface area contributed by atoms with Crippen LogP contribution in [0.4, 0.5) is 11.7 Å². The molecule has 2 rings (SSSR count). The van der Waals surface area contributed by atoms with Gasteiger partial charge >= 0.3 is 6.01 Å². The first-order valence-electron chi connectivity index (χ1n) is 4.79. The van der Waals surface area contributed by atoms with Crippen molar-refractivity contribution in [2.75, 3.05) is 11.2 Å². The lowest BCUT2D eigenvalue weighted by Gasteiger charge is -2.02. The van der Waals surface area contributed by atoms with Crippen LogP contribution in [0.2, 0.25) is 5.02 Å². The van der Waals surface area contributed by atoms with Crippen molar-refractivity contribution in [1.82, 2.24) is 10.2 Å². The van der Waals surface area contributed by atoms with Crippen LogP contribution >= 0.6 is 39.1 Å². The molecule has 0 saturated carbocycles. The molecule has 4 nitrogen and oxygen atoms in total. The lowest BCUT2D eigenvalue weighted by molar-refractivity contribution is 0.516. The average Bonchev–Trinajstić information content (AvgIpc) is 2.72. The highest BCUT2D eigenvalue weighted by atomic mass is 79.9. The van der Waals surface area contributed by atoms with Crippen LogP contribution < -0.4 is 5.32 Å². The maximum atomic E-state index is 5.89. The molecule has 0 saturated heterocycles. The van der Waals surface area contributed by atoms with E-state index in [1.165, 1.54) is 0 Å². The van der Waals surface area contributed by atoms with Gasteiger partial charge in [-0.1, -0.05) is 16.7 Å². The summed E-state index contributed by atoms with van der Waals surface area (Å²) in [4.78, 5) is 0. The summed E-state index contributed by atoms with van der Waals surface area (Å²) in [6.07, 6.45) is 0.556.